The molecule has 2 atom stereocenters. The molecular weight excluding hydrogens is 923 g/mol. The summed E-state index contributed by atoms with van der Waals surface area (Å²) in [4.78, 5) is 24.6. The van der Waals surface area contributed by atoms with Crippen LogP contribution >= 0.6 is 0 Å². The Balaban J connectivity index is 3.39. The number of aliphatic hydroxyl groups excluding tert-OH is 2. The maximum Gasteiger partial charge on any atom is 0.305 e. The molecule has 444 valence electrons. The minimum absolute atomic E-state index is 0.0180. The van der Waals surface area contributed by atoms with Gasteiger partial charge in [-0.25, -0.2) is 0 Å². The number of nitrogens with one attached hydrogen (secondary N) is 1. The zero-order chi connectivity index (χ0) is 54.3. The molecule has 0 aliphatic carbocycles. The first-order valence-corrected chi connectivity index (χ1v) is 34.1. The van der Waals surface area contributed by atoms with Crippen molar-refractivity contribution in [2.45, 2.75) is 392 Å². The minimum atomic E-state index is -0.846. The molecule has 0 bridgehead atoms. The van der Waals surface area contributed by atoms with Gasteiger partial charge in [0.1, 0.15) is 0 Å². The van der Waals surface area contributed by atoms with E-state index in [9.17, 15) is 19.8 Å². The Hall–Kier alpha value is -1.66. The fraction of sp³-hybridized carbons (Fsp3) is 0.913. The Morgan fingerprint density at radius 1 is 0.360 bits per heavy atom. The number of aliphatic hydroxyl groups is 2. The topological polar surface area (TPSA) is 95.9 Å². The maximum atomic E-state index is 12.5. The van der Waals surface area contributed by atoms with E-state index < -0.39 is 12.1 Å². The Kier molecular flexibility index (Phi) is 63.4. The molecule has 3 N–H and O–H groups in total. The summed E-state index contributed by atoms with van der Waals surface area (Å²) in [6.07, 6.45) is 81.0. The average Bonchev–Trinajstić information content (AvgIpc) is 3.41. The first-order chi connectivity index (χ1) is 37.0. The monoisotopic (exact) mass is 1060 g/mol. The molecule has 0 aliphatic rings. The van der Waals surface area contributed by atoms with Crippen LogP contribution in [0.3, 0.4) is 0 Å². The van der Waals surface area contributed by atoms with E-state index in [0.717, 1.165) is 38.5 Å². The van der Waals surface area contributed by atoms with Crippen molar-refractivity contribution in [2.24, 2.45) is 0 Å². The molecule has 0 aromatic heterocycles. The summed E-state index contributed by atoms with van der Waals surface area (Å²) < 4.78 is 5.51. The molecule has 6 nitrogen and oxygen atoms in total. The zero-order valence-corrected chi connectivity index (χ0v) is 50.8. The summed E-state index contributed by atoms with van der Waals surface area (Å²) >= 11 is 0. The number of hydrogen-bond acceptors (Lipinski definition) is 5. The smallest absolute Gasteiger partial charge is 0.305 e. The van der Waals surface area contributed by atoms with Gasteiger partial charge in [0.05, 0.1) is 25.4 Å². The highest BCUT2D eigenvalue weighted by molar-refractivity contribution is 5.76. The molecule has 75 heavy (non-hydrogen) atoms. The highest BCUT2D eigenvalue weighted by Crippen LogP contribution is 2.18. The molecule has 0 spiro atoms. The van der Waals surface area contributed by atoms with Crippen molar-refractivity contribution in [1.82, 2.24) is 5.32 Å². The van der Waals surface area contributed by atoms with Crippen molar-refractivity contribution in [3.05, 3.63) is 24.3 Å². The number of carbonyl (C=O) groups excluding carboxylic acids is 2. The molecule has 6 heteroatoms. The highest BCUT2D eigenvalue weighted by atomic mass is 16.5. The van der Waals surface area contributed by atoms with Crippen molar-refractivity contribution in [3.8, 4) is 0 Å². The predicted octanol–water partition coefficient (Wildman–Crippen LogP) is 21.8. The Morgan fingerprint density at radius 3 is 0.947 bits per heavy atom. The van der Waals surface area contributed by atoms with Crippen LogP contribution in [0.1, 0.15) is 380 Å². The van der Waals surface area contributed by atoms with Crippen LogP contribution < -0.4 is 5.32 Å². The summed E-state index contributed by atoms with van der Waals surface area (Å²) in [7, 11) is 0. The number of ether oxygens (including phenoxy) is 1. The number of rotatable bonds is 64. The summed E-state index contributed by atoms with van der Waals surface area (Å²) in [6, 6.07) is -0.630. The summed E-state index contributed by atoms with van der Waals surface area (Å²) in [5.41, 5.74) is 0. The fourth-order valence-corrected chi connectivity index (χ4v) is 10.7. The Labute approximate surface area is 469 Å². The van der Waals surface area contributed by atoms with E-state index in [-0.39, 0.29) is 18.5 Å². The van der Waals surface area contributed by atoms with Crippen LogP contribution in [0.25, 0.3) is 0 Å². The maximum absolute atomic E-state index is 12.5. The third-order valence-electron chi connectivity index (χ3n) is 16.0. The van der Waals surface area contributed by atoms with Gasteiger partial charge in [-0.2, -0.15) is 0 Å². The summed E-state index contributed by atoms with van der Waals surface area (Å²) in [6.45, 7) is 4.94. The number of carbonyl (C=O) groups is 2. The second-order valence-electron chi connectivity index (χ2n) is 23.5. The third-order valence-corrected chi connectivity index (χ3v) is 16.0. The molecular formula is C69H133NO5. The van der Waals surface area contributed by atoms with Gasteiger partial charge in [0.15, 0.2) is 0 Å². The van der Waals surface area contributed by atoms with E-state index in [0.29, 0.717) is 19.4 Å². The van der Waals surface area contributed by atoms with Gasteiger partial charge in [0.25, 0.3) is 0 Å². The normalized spacial score (nSPS) is 12.6. The molecule has 0 fully saturated rings. The molecule has 2 unspecified atom stereocenters. The zero-order valence-electron chi connectivity index (χ0n) is 50.8. The van der Waals surface area contributed by atoms with Crippen molar-refractivity contribution < 1.29 is 24.5 Å². The second-order valence-corrected chi connectivity index (χ2v) is 23.5. The molecule has 0 rings (SSSR count). The fourth-order valence-electron chi connectivity index (χ4n) is 10.7. The number of hydrogen-bond donors (Lipinski definition) is 3. The molecule has 0 heterocycles. The van der Waals surface area contributed by atoms with Gasteiger partial charge in [-0.1, -0.05) is 334 Å². The number of amides is 1. The first kappa shape index (κ1) is 73.3. The number of allylic oxidation sites excluding steroid dienone is 3. The van der Waals surface area contributed by atoms with Crippen LogP contribution in [0.5, 0.6) is 0 Å². The standard InChI is InChI=1S/C69H133NO5/c1-3-5-7-9-11-13-15-17-19-20-31-35-39-43-47-51-55-59-63-69(74)75-64-60-56-52-48-44-40-36-32-29-27-25-23-21-22-24-26-28-30-34-38-42-46-50-54-58-62-68(73)70-66(65-71)67(72)61-57-53-49-45-41-37-33-18-16-14-12-10-8-6-4-2/h22,24,57,61,66-67,71-72H,3-21,23,25-56,58-60,62-65H2,1-2H3,(H,70,73)/b24-22-,61-57+. The third kappa shape index (κ3) is 61.4. The van der Waals surface area contributed by atoms with E-state index in [2.05, 4.69) is 31.3 Å². The quantitative estimate of drug-likeness (QED) is 0.0320. The number of esters is 1. The van der Waals surface area contributed by atoms with Crippen LogP contribution in [0.15, 0.2) is 24.3 Å². The minimum Gasteiger partial charge on any atom is -0.466 e. The van der Waals surface area contributed by atoms with Gasteiger partial charge in [0.2, 0.25) is 5.91 Å². The van der Waals surface area contributed by atoms with E-state index in [1.807, 2.05) is 6.08 Å². The molecule has 0 saturated carbocycles. The van der Waals surface area contributed by atoms with Crippen LogP contribution in [0, 0.1) is 0 Å². The van der Waals surface area contributed by atoms with Gasteiger partial charge < -0.3 is 20.3 Å². The van der Waals surface area contributed by atoms with Crippen LogP contribution in [-0.2, 0) is 14.3 Å². The summed E-state index contributed by atoms with van der Waals surface area (Å²) in [5, 5.41) is 23.1. The van der Waals surface area contributed by atoms with Crippen LogP contribution in [0.4, 0.5) is 0 Å². The lowest BCUT2D eigenvalue weighted by Gasteiger charge is -2.20. The SMILES string of the molecule is CCCCCCCCCCCCCCC/C=C/C(O)C(CO)NC(=O)CCCCCCCCCCC/C=C\CCCCCCCCCCCCCCOC(=O)CCCCCCCCCCCCCCCCCCCC. The van der Waals surface area contributed by atoms with Crippen molar-refractivity contribution >= 4 is 11.9 Å². The van der Waals surface area contributed by atoms with Gasteiger partial charge in [-0.15, -0.1) is 0 Å². The van der Waals surface area contributed by atoms with E-state index in [1.54, 1.807) is 6.08 Å². The lowest BCUT2D eigenvalue weighted by atomic mass is 10.0. The lowest BCUT2D eigenvalue weighted by Crippen LogP contribution is -2.45. The molecule has 1 amide bonds. The second kappa shape index (κ2) is 64.9. The summed E-state index contributed by atoms with van der Waals surface area (Å²) in [5.74, 6) is -0.0509. The van der Waals surface area contributed by atoms with Crippen LogP contribution in [0.2, 0.25) is 0 Å². The molecule has 0 aliphatic heterocycles. The Morgan fingerprint density at radius 2 is 0.627 bits per heavy atom. The van der Waals surface area contributed by atoms with E-state index in [4.69, 9.17) is 4.74 Å². The van der Waals surface area contributed by atoms with E-state index >= 15 is 0 Å². The van der Waals surface area contributed by atoms with E-state index in [1.165, 1.54) is 315 Å². The molecule has 0 aromatic rings. The van der Waals surface area contributed by atoms with Gasteiger partial charge >= 0.3 is 5.97 Å². The predicted molar refractivity (Wildman–Crippen MR) is 329 cm³/mol. The van der Waals surface area contributed by atoms with Gasteiger partial charge in [0, 0.05) is 12.8 Å². The van der Waals surface area contributed by atoms with Crippen molar-refractivity contribution in [1.29, 1.82) is 0 Å². The lowest BCUT2D eigenvalue weighted by molar-refractivity contribution is -0.143. The highest BCUT2D eigenvalue weighted by Gasteiger charge is 2.18. The molecule has 0 saturated heterocycles. The number of unbranched alkanes of at least 4 members (excludes halogenated alkanes) is 51. The van der Waals surface area contributed by atoms with Crippen molar-refractivity contribution in [3.63, 3.8) is 0 Å². The molecule has 0 aromatic carbocycles. The largest absolute Gasteiger partial charge is 0.466 e. The average molecular weight is 1060 g/mol. The first-order valence-electron chi connectivity index (χ1n) is 34.1. The van der Waals surface area contributed by atoms with Crippen molar-refractivity contribution in [2.75, 3.05) is 13.2 Å². The van der Waals surface area contributed by atoms with Crippen LogP contribution in [-0.4, -0.2) is 47.4 Å². The van der Waals surface area contributed by atoms with Gasteiger partial charge in [-0.05, 0) is 57.8 Å². The molecule has 0 radical (unpaired) electrons. The van der Waals surface area contributed by atoms with Gasteiger partial charge in [-0.3, -0.25) is 9.59 Å². The Bertz CT molecular complexity index is 1170.